The van der Waals surface area contributed by atoms with E-state index in [-0.39, 0.29) is 40.8 Å². The lowest BCUT2D eigenvalue weighted by Gasteiger charge is -2.58. The number of aryl methyl sites for hydroxylation is 1. The maximum absolute atomic E-state index is 13.5. The van der Waals surface area contributed by atoms with Crippen LogP contribution in [0.15, 0.2) is 24.3 Å². The number of nitrogens with one attached hydrogen (secondary N) is 1. The zero-order chi connectivity index (χ0) is 25.9. The smallest absolute Gasteiger partial charge is 0.273 e. The van der Waals surface area contributed by atoms with Gasteiger partial charge < -0.3 is 20.7 Å². The number of hydrogen-bond acceptors (Lipinski definition) is 5. The fourth-order valence-electron chi connectivity index (χ4n) is 7.62. The average molecular weight is 526 g/mol. The summed E-state index contributed by atoms with van der Waals surface area (Å²) < 4.78 is 7.02. The number of rotatable bonds is 9. The zero-order valence-corrected chi connectivity index (χ0v) is 22.3. The summed E-state index contributed by atoms with van der Waals surface area (Å²) in [5.74, 6) is 2.39. The van der Waals surface area contributed by atoms with Gasteiger partial charge in [0, 0.05) is 31.1 Å². The molecular formula is C28H36ClN5O3. The average Bonchev–Trinajstić information content (AvgIpc) is 3.67. The Morgan fingerprint density at radius 1 is 1.19 bits per heavy atom. The highest BCUT2D eigenvalue weighted by atomic mass is 35.5. The van der Waals surface area contributed by atoms with Crippen LogP contribution in [0.25, 0.3) is 0 Å². The Balaban J connectivity index is 1.18. The number of ether oxygens (including phenoxy) is 1. The van der Waals surface area contributed by atoms with Crippen molar-refractivity contribution in [3.8, 4) is 5.75 Å². The zero-order valence-electron chi connectivity index (χ0n) is 21.6. The van der Waals surface area contributed by atoms with Gasteiger partial charge in [-0.25, -0.2) is 0 Å². The van der Waals surface area contributed by atoms with Gasteiger partial charge in [-0.2, -0.15) is 5.10 Å². The highest BCUT2D eigenvalue weighted by Gasteiger charge is 2.58. The summed E-state index contributed by atoms with van der Waals surface area (Å²) in [4.78, 5) is 28.1. The number of methoxy groups -OCH3 is 1. The molecule has 5 aliphatic rings. The molecule has 7 rings (SSSR count). The Bertz CT molecular complexity index is 1190. The molecule has 9 heteroatoms. The molecule has 0 radical (unpaired) electrons. The maximum Gasteiger partial charge on any atom is 0.273 e. The van der Waals surface area contributed by atoms with Crippen molar-refractivity contribution in [3.05, 3.63) is 40.5 Å². The summed E-state index contributed by atoms with van der Waals surface area (Å²) in [5.41, 5.74) is 6.97. The van der Waals surface area contributed by atoms with Crippen molar-refractivity contribution >= 4 is 29.2 Å². The molecule has 5 aliphatic carbocycles. The Labute approximate surface area is 222 Å². The van der Waals surface area contributed by atoms with E-state index in [1.54, 1.807) is 11.8 Å². The highest BCUT2D eigenvalue weighted by Crippen LogP contribution is 2.60. The van der Waals surface area contributed by atoms with Crippen molar-refractivity contribution in [3.63, 3.8) is 0 Å². The van der Waals surface area contributed by atoms with E-state index in [0.29, 0.717) is 17.0 Å². The number of halogens is 1. The SMILES string of the molecule is COc1ccc(CCN(c2c(Cl)c(C(=O)NC3C4CC5CC3CC(C(N)=O)(C5)C4)nn2C)C2CC2)cc1. The largest absolute Gasteiger partial charge is 0.497 e. The van der Waals surface area contributed by atoms with E-state index in [1.165, 1.54) is 5.56 Å². The summed E-state index contributed by atoms with van der Waals surface area (Å²) >= 11 is 6.88. The van der Waals surface area contributed by atoms with Crippen LogP contribution in [0, 0.1) is 23.2 Å². The standard InChI is InChI=1S/C28H36ClN5O3/c1-33-26(34(20-5-6-20)10-9-16-3-7-21(37-2)8-4-16)22(29)24(32-33)25(35)31-23-18-11-17-12-19(23)15-28(13-17,14-18)27(30)36/h3-4,7-8,17-20,23H,5-6,9-15H2,1-2H3,(H2,30,36)(H,31,35). The minimum atomic E-state index is -0.373. The molecule has 5 saturated carbocycles. The van der Waals surface area contributed by atoms with Crippen LogP contribution >= 0.6 is 11.6 Å². The number of aromatic nitrogens is 2. The van der Waals surface area contributed by atoms with Crippen LogP contribution in [0.3, 0.4) is 0 Å². The molecule has 1 aromatic heterocycles. The van der Waals surface area contributed by atoms with Gasteiger partial charge in [0.15, 0.2) is 5.69 Å². The fraction of sp³-hybridized carbons (Fsp3) is 0.607. The summed E-state index contributed by atoms with van der Waals surface area (Å²) in [5, 5.41) is 8.29. The van der Waals surface area contributed by atoms with E-state index >= 15 is 0 Å². The number of benzene rings is 1. The molecule has 0 spiro atoms. The van der Waals surface area contributed by atoms with Crippen LogP contribution < -0.4 is 20.7 Å². The van der Waals surface area contributed by atoms with Crippen molar-refractivity contribution in [1.29, 1.82) is 0 Å². The van der Waals surface area contributed by atoms with Crippen molar-refractivity contribution in [1.82, 2.24) is 15.1 Å². The lowest BCUT2D eigenvalue weighted by molar-refractivity contribution is -0.145. The molecule has 37 heavy (non-hydrogen) atoms. The van der Waals surface area contributed by atoms with Gasteiger partial charge in [-0.1, -0.05) is 23.7 Å². The first-order valence-electron chi connectivity index (χ1n) is 13.5. The monoisotopic (exact) mass is 525 g/mol. The molecule has 1 aromatic carbocycles. The van der Waals surface area contributed by atoms with Crippen LogP contribution in [0.1, 0.15) is 61.0 Å². The van der Waals surface area contributed by atoms with Gasteiger partial charge in [-0.15, -0.1) is 0 Å². The van der Waals surface area contributed by atoms with Crippen molar-refractivity contribution in [2.45, 2.75) is 63.5 Å². The Kier molecular flexibility index (Phi) is 6.13. The molecule has 2 aromatic rings. The number of hydrogen-bond donors (Lipinski definition) is 2. The van der Waals surface area contributed by atoms with Gasteiger partial charge in [0.25, 0.3) is 5.91 Å². The minimum absolute atomic E-state index is 0.0488. The number of carbonyl (C=O) groups excluding carboxylic acids is 2. The molecule has 5 fully saturated rings. The lowest BCUT2D eigenvalue weighted by Crippen LogP contribution is -2.62. The predicted molar refractivity (Wildman–Crippen MR) is 142 cm³/mol. The van der Waals surface area contributed by atoms with E-state index in [4.69, 9.17) is 22.1 Å². The predicted octanol–water partition coefficient (Wildman–Crippen LogP) is 3.70. The second-order valence-electron chi connectivity index (χ2n) is 11.7. The topological polar surface area (TPSA) is 102 Å². The van der Waals surface area contributed by atoms with Crippen molar-refractivity contribution in [2.24, 2.45) is 36.0 Å². The second kappa shape index (κ2) is 9.22. The Morgan fingerprint density at radius 2 is 1.86 bits per heavy atom. The molecule has 198 valence electrons. The van der Waals surface area contributed by atoms with Gasteiger partial charge in [0.1, 0.15) is 16.6 Å². The normalized spacial score (nSPS) is 29.8. The molecule has 2 amide bonds. The quantitative estimate of drug-likeness (QED) is 0.519. The lowest BCUT2D eigenvalue weighted by atomic mass is 9.47. The number of amides is 2. The van der Waals surface area contributed by atoms with E-state index in [0.717, 1.165) is 69.5 Å². The fourth-order valence-corrected chi connectivity index (χ4v) is 7.97. The molecule has 3 N–H and O–H groups in total. The van der Waals surface area contributed by atoms with Crippen LogP contribution in [0.5, 0.6) is 5.75 Å². The molecule has 2 atom stereocenters. The van der Waals surface area contributed by atoms with E-state index in [9.17, 15) is 9.59 Å². The number of primary amides is 1. The van der Waals surface area contributed by atoms with Crippen LogP contribution in [0.2, 0.25) is 5.02 Å². The Hall–Kier alpha value is -2.74. The molecule has 4 bridgehead atoms. The van der Waals surface area contributed by atoms with Gasteiger partial charge in [0.2, 0.25) is 5.91 Å². The van der Waals surface area contributed by atoms with Gasteiger partial charge in [-0.3, -0.25) is 14.3 Å². The molecule has 8 nitrogen and oxygen atoms in total. The number of nitrogens with zero attached hydrogens (tertiary/aromatic N) is 3. The van der Waals surface area contributed by atoms with Crippen LogP contribution in [-0.4, -0.2) is 47.3 Å². The third-order valence-electron chi connectivity index (χ3n) is 9.33. The summed E-state index contributed by atoms with van der Waals surface area (Å²) in [6.07, 6.45) is 7.66. The minimum Gasteiger partial charge on any atom is -0.497 e. The first-order valence-corrected chi connectivity index (χ1v) is 13.9. The number of anilines is 1. The van der Waals surface area contributed by atoms with E-state index in [1.807, 2.05) is 19.2 Å². The van der Waals surface area contributed by atoms with Gasteiger partial charge in [-0.05, 0) is 86.8 Å². The molecule has 0 aliphatic heterocycles. The van der Waals surface area contributed by atoms with Gasteiger partial charge in [0.05, 0.1) is 7.11 Å². The second-order valence-corrected chi connectivity index (χ2v) is 12.1. The third-order valence-corrected chi connectivity index (χ3v) is 9.68. The highest BCUT2D eigenvalue weighted by molar-refractivity contribution is 6.36. The van der Waals surface area contributed by atoms with Crippen molar-refractivity contribution in [2.75, 3.05) is 18.6 Å². The summed E-state index contributed by atoms with van der Waals surface area (Å²) in [7, 11) is 3.53. The van der Waals surface area contributed by atoms with Crippen LogP contribution in [-0.2, 0) is 18.3 Å². The first kappa shape index (κ1) is 24.6. The number of carbonyl (C=O) groups is 2. The van der Waals surface area contributed by atoms with E-state index in [2.05, 4.69) is 27.4 Å². The summed E-state index contributed by atoms with van der Waals surface area (Å²) in [6.45, 7) is 0.792. The summed E-state index contributed by atoms with van der Waals surface area (Å²) in [6, 6.07) is 8.59. The first-order chi connectivity index (χ1) is 17.8. The molecule has 2 unspecified atom stereocenters. The third kappa shape index (κ3) is 4.37. The molecular weight excluding hydrogens is 490 g/mol. The molecule has 1 heterocycles. The van der Waals surface area contributed by atoms with Gasteiger partial charge >= 0.3 is 0 Å². The van der Waals surface area contributed by atoms with Crippen molar-refractivity contribution < 1.29 is 14.3 Å². The molecule has 0 saturated heterocycles. The van der Waals surface area contributed by atoms with Crippen LogP contribution in [0.4, 0.5) is 5.82 Å². The maximum atomic E-state index is 13.5. The Morgan fingerprint density at radius 3 is 2.46 bits per heavy atom. The number of nitrogens with two attached hydrogens (primary N) is 1. The van der Waals surface area contributed by atoms with E-state index < -0.39 is 0 Å².